The molecule has 0 aliphatic rings. The van der Waals surface area contributed by atoms with Crippen LogP contribution in [0.25, 0.3) is 0 Å². The van der Waals surface area contributed by atoms with E-state index in [9.17, 15) is 9.59 Å². The molecule has 0 aliphatic carbocycles. The monoisotopic (exact) mass is 328 g/mol. The Kier molecular flexibility index (Phi) is 6.19. The predicted octanol–water partition coefficient (Wildman–Crippen LogP) is 2.14. The van der Waals surface area contributed by atoms with Crippen LogP contribution in [0, 0.1) is 6.92 Å². The van der Waals surface area contributed by atoms with Crippen LogP contribution in [0.4, 0.5) is 5.69 Å². The van der Waals surface area contributed by atoms with Crippen molar-refractivity contribution in [1.82, 2.24) is 5.32 Å². The lowest BCUT2D eigenvalue weighted by Gasteiger charge is -2.09. The molecule has 0 radical (unpaired) electrons. The SMILES string of the molecule is COc1ccc(OCC(=O)NCC(=O)Nc2cccc(C)c2)cc1. The van der Waals surface area contributed by atoms with E-state index in [1.54, 1.807) is 37.4 Å². The lowest BCUT2D eigenvalue weighted by atomic mass is 10.2. The van der Waals surface area contributed by atoms with E-state index in [1.807, 2.05) is 25.1 Å². The van der Waals surface area contributed by atoms with E-state index in [2.05, 4.69) is 10.6 Å². The molecule has 0 atom stereocenters. The van der Waals surface area contributed by atoms with Crippen LogP contribution < -0.4 is 20.1 Å². The van der Waals surface area contributed by atoms with Gasteiger partial charge < -0.3 is 20.1 Å². The van der Waals surface area contributed by atoms with Gasteiger partial charge >= 0.3 is 0 Å². The maximum Gasteiger partial charge on any atom is 0.258 e. The lowest BCUT2D eigenvalue weighted by molar-refractivity contribution is -0.125. The molecule has 0 spiro atoms. The number of hydrogen-bond acceptors (Lipinski definition) is 4. The van der Waals surface area contributed by atoms with Crippen molar-refractivity contribution in [2.45, 2.75) is 6.92 Å². The first-order valence-electron chi connectivity index (χ1n) is 7.47. The van der Waals surface area contributed by atoms with Gasteiger partial charge in [-0.1, -0.05) is 12.1 Å². The summed E-state index contributed by atoms with van der Waals surface area (Å²) in [6.45, 7) is 1.66. The highest BCUT2D eigenvalue weighted by atomic mass is 16.5. The molecule has 0 saturated heterocycles. The molecule has 0 saturated carbocycles. The third-order valence-corrected chi connectivity index (χ3v) is 3.18. The first-order chi connectivity index (χ1) is 11.6. The van der Waals surface area contributed by atoms with Gasteiger partial charge in [0.05, 0.1) is 13.7 Å². The summed E-state index contributed by atoms with van der Waals surface area (Å²) in [6, 6.07) is 14.3. The molecule has 6 heteroatoms. The van der Waals surface area contributed by atoms with Gasteiger partial charge in [-0.2, -0.15) is 0 Å². The molecule has 126 valence electrons. The zero-order valence-corrected chi connectivity index (χ0v) is 13.7. The van der Waals surface area contributed by atoms with Crippen molar-refractivity contribution in [2.75, 3.05) is 25.6 Å². The standard InChI is InChI=1S/C18H20N2O4/c1-13-4-3-5-14(10-13)20-17(21)11-19-18(22)12-24-16-8-6-15(23-2)7-9-16/h3-10H,11-12H2,1-2H3,(H,19,22)(H,20,21). The van der Waals surface area contributed by atoms with Crippen LogP contribution in [0.1, 0.15) is 5.56 Å². The second-order valence-corrected chi connectivity index (χ2v) is 5.16. The largest absolute Gasteiger partial charge is 0.497 e. The number of methoxy groups -OCH3 is 1. The zero-order chi connectivity index (χ0) is 17.4. The number of ether oxygens (including phenoxy) is 2. The number of nitrogens with one attached hydrogen (secondary N) is 2. The minimum atomic E-state index is -0.370. The van der Waals surface area contributed by atoms with Crippen molar-refractivity contribution in [3.63, 3.8) is 0 Å². The molecule has 6 nitrogen and oxygen atoms in total. The van der Waals surface area contributed by atoms with Crippen molar-refractivity contribution in [2.24, 2.45) is 0 Å². The van der Waals surface area contributed by atoms with E-state index >= 15 is 0 Å². The van der Waals surface area contributed by atoms with E-state index < -0.39 is 0 Å². The molecule has 0 unspecified atom stereocenters. The second kappa shape index (κ2) is 8.57. The molecule has 0 bridgehead atoms. The van der Waals surface area contributed by atoms with Crippen molar-refractivity contribution in [3.8, 4) is 11.5 Å². The quantitative estimate of drug-likeness (QED) is 0.816. The van der Waals surface area contributed by atoms with Crippen LogP contribution in [0.2, 0.25) is 0 Å². The number of hydrogen-bond donors (Lipinski definition) is 2. The Balaban J connectivity index is 1.71. The highest BCUT2D eigenvalue weighted by Crippen LogP contribution is 2.16. The number of rotatable bonds is 7. The van der Waals surface area contributed by atoms with Crippen LogP contribution in [0.3, 0.4) is 0 Å². The fourth-order valence-electron chi connectivity index (χ4n) is 1.98. The fraction of sp³-hybridized carbons (Fsp3) is 0.222. The van der Waals surface area contributed by atoms with Crippen molar-refractivity contribution in [1.29, 1.82) is 0 Å². The predicted molar refractivity (Wildman–Crippen MR) is 91.3 cm³/mol. The Bertz CT molecular complexity index is 698. The van der Waals surface area contributed by atoms with Crippen LogP contribution in [0.15, 0.2) is 48.5 Å². The number of amides is 2. The Hall–Kier alpha value is -3.02. The van der Waals surface area contributed by atoms with E-state index in [4.69, 9.17) is 9.47 Å². The summed E-state index contributed by atoms with van der Waals surface area (Å²) in [5.74, 6) is 0.596. The van der Waals surface area contributed by atoms with E-state index in [0.29, 0.717) is 17.2 Å². The van der Waals surface area contributed by atoms with Gasteiger partial charge in [-0.15, -0.1) is 0 Å². The summed E-state index contributed by atoms with van der Waals surface area (Å²) in [6.07, 6.45) is 0. The Morgan fingerprint density at radius 1 is 1.00 bits per heavy atom. The summed E-state index contributed by atoms with van der Waals surface area (Å²) >= 11 is 0. The number of aryl methyl sites for hydroxylation is 1. The summed E-state index contributed by atoms with van der Waals surface area (Å²) in [7, 11) is 1.57. The Morgan fingerprint density at radius 2 is 1.71 bits per heavy atom. The molecule has 0 fully saturated rings. The number of anilines is 1. The topological polar surface area (TPSA) is 76.7 Å². The fourth-order valence-corrected chi connectivity index (χ4v) is 1.98. The second-order valence-electron chi connectivity index (χ2n) is 5.16. The molecule has 24 heavy (non-hydrogen) atoms. The molecule has 2 aromatic rings. The smallest absolute Gasteiger partial charge is 0.258 e. The summed E-state index contributed by atoms with van der Waals surface area (Å²) in [4.78, 5) is 23.5. The molecule has 0 aliphatic heterocycles. The van der Waals surface area contributed by atoms with E-state index in [1.165, 1.54) is 0 Å². The first kappa shape index (κ1) is 17.3. The van der Waals surface area contributed by atoms with Gasteiger partial charge in [-0.05, 0) is 48.9 Å². The van der Waals surface area contributed by atoms with Gasteiger partial charge in [0.1, 0.15) is 11.5 Å². The van der Waals surface area contributed by atoms with Gasteiger partial charge in [-0.25, -0.2) is 0 Å². The summed E-state index contributed by atoms with van der Waals surface area (Å²) in [5.41, 5.74) is 1.74. The minimum absolute atomic E-state index is 0.112. The molecule has 0 heterocycles. The number of carbonyl (C=O) groups is 2. The zero-order valence-electron chi connectivity index (χ0n) is 13.7. The number of benzene rings is 2. The van der Waals surface area contributed by atoms with E-state index in [0.717, 1.165) is 5.56 Å². The normalized spacial score (nSPS) is 9.92. The molecule has 2 amide bonds. The third kappa shape index (κ3) is 5.64. The van der Waals surface area contributed by atoms with Gasteiger partial charge in [0.15, 0.2) is 6.61 Å². The van der Waals surface area contributed by atoms with E-state index in [-0.39, 0.29) is 25.0 Å². The van der Waals surface area contributed by atoms with Gasteiger partial charge in [-0.3, -0.25) is 9.59 Å². The van der Waals surface area contributed by atoms with Crippen LogP contribution in [-0.4, -0.2) is 32.1 Å². The summed E-state index contributed by atoms with van der Waals surface area (Å²) in [5, 5.41) is 5.23. The van der Waals surface area contributed by atoms with Crippen molar-refractivity contribution < 1.29 is 19.1 Å². The average molecular weight is 328 g/mol. The first-order valence-corrected chi connectivity index (χ1v) is 7.47. The number of carbonyl (C=O) groups excluding carboxylic acids is 2. The molecular formula is C18H20N2O4. The molecular weight excluding hydrogens is 308 g/mol. The maximum absolute atomic E-state index is 11.8. The summed E-state index contributed by atoms with van der Waals surface area (Å²) < 4.78 is 10.4. The highest BCUT2D eigenvalue weighted by molar-refractivity contribution is 5.94. The van der Waals surface area contributed by atoms with Gasteiger partial charge in [0, 0.05) is 5.69 Å². The molecule has 2 aromatic carbocycles. The van der Waals surface area contributed by atoms with Crippen LogP contribution in [-0.2, 0) is 9.59 Å². The van der Waals surface area contributed by atoms with Gasteiger partial charge in [0.25, 0.3) is 5.91 Å². The van der Waals surface area contributed by atoms with Gasteiger partial charge in [0.2, 0.25) is 5.91 Å². The van der Waals surface area contributed by atoms with Crippen molar-refractivity contribution in [3.05, 3.63) is 54.1 Å². The Morgan fingerprint density at radius 3 is 2.38 bits per heavy atom. The molecule has 2 rings (SSSR count). The van der Waals surface area contributed by atoms with Crippen LogP contribution >= 0.6 is 0 Å². The van der Waals surface area contributed by atoms with Crippen molar-refractivity contribution >= 4 is 17.5 Å². The third-order valence-electron chi connectivity index (χ3n) is 3.18. The maximum atomic E-state index is 11.8. The minimum Gasteiger partial charge on any atom is -0.497 e. The lowest BCUT2D eigenvalue weighted by Crippen LogP contribution is -2.35. The molecule has 2 N–H and O–H groups in total. The average Bonchev–Trinajstić information content (AvgIpc) is 2.58. The Labute approximate surface area is 140 Å². The molecule has 0 aromatic heterocycles. The highest BCUT2D eigenvalue weighted by Gasteiger charge is 2.07. The van der Waals surface area contributed by atoms with Crippen LogP contribution in [0.5, 0.6) is 11.5 Å².